The summed E-state index contributed by atoms with van der Waals surface area (Å²) in [6.07, 6.45) is 0. The van der Waals surface area contributed by atoms with Gasteiger partial charge in [-0.3, -0.25) is 19.7 Å². The minimum Gasteiger partial charge on any atom is -0.355 e. The Hall–Kier alpha value is -2.44. The summed E-state index contributed by atoms with van der Waals surface area (Å²) >= 11 is 0. The summed E-state index contributed by atoms with van der Waals surface area (Å²) in [4.78, 5) is 33.0. The van der Waals surface area contributed by atoms with Crippen LogP contribution in [-0.4, -0.2) is 29.8 Å². The molecule has 1 atom stereocenters. The summed E-state index contributed by atoms with van der Waals surface area (Å²) in [5, 5.41) is 16.1. The minimum atomic E-state index is -0.631. The highest BCUT2D eigenvalue weighted by Crippen LogP contribution is 2.25. The summed E-state index contributed by atoms with van der Waals surface area (Å²) in [6.45, 7) is 3.60. The van der Waals surface area contributed by atoms with E-state index in [0.717, 1.165) is 0 Å². The van der Waals surface area contributed by atoms with Crippen molar-refractivity contribution in [2.45, 2.75) is 19.8 Å². The van der Waals surface area contributed by atoms with Crippen LogP contribution in [0, 0.1) is 10.1 Å². The fraction of sp³-hybridized carbons (Fsp3) is 0.385. The van der Waals surface area contributed by atoms with Crippen molar-refractivity contribution in [1.29, 1.82) is 0 Å². The van der Waals surface area contributed by atoms with Gasteiger partial charge in [-0.25, -0.2) is 0 Å². The van der Waals surface area contributed by atoms with Crippen LogP contribution in [-0.2, 0) is 9.59 Å². The molecule has 2 amide bonds. The van der Waals surface area contributed by atoms with E-state index in [4.69, 9.17) is 0 Å². The standard InChI is InChI=1S/C13H17N3O4/c1-9(13(18)15-8-7-14-10(2)17)11-5-3-4-6-12(11)16(19)20/h3-6,9H,7-8H2,1-2H3,(H,14,17)(H,15,18). The van der Waals surface area contributed by atoms with Gasteiger partial charge in [-0.05, 0) is 6.92 Å². The van der Waals surface area contributed by atoms with Gasteiger partial charge < -0.3 is 10.6 Å². The van der Waals surface area contributed by atoms with Gasteiger partial charge in [0.2, 0.25) is 11.8 Å². The van der Waals surface area contributed by atoms with Crippen LogP contribution in [0.2, 0.25) is 0 Å². The average molecular weight is 279 g/mol. The molecule has 0 saturated carbocycles. The van der Waals surface area contributed by atoms with E-state index >= 15 is 0 Å². The van der Waals surface area contributed by atoms with Gasteiger partial charge in [-0.15, -0.1) is 0 Å². The lowest BCUT2D eigenvalue weighted by Gasteiger charge is -2.12. The van der Waals surface area contributed by atoms with Gasteiger partial charge in [0, 0.05) is 31.6 Å². The van der Waals surface area contributed by atoms with Gasteiger partial charge in [0.05, 0.1) is 10.8 Å². The van der Waals surface area contributed by atoms with Crippen molar-refractivity contribution in [3.63, 3.8) is 0 Å². The van der Waals surface area contributed by atoms with E-state index in [1.807, 2.05) is 0 Å². The topological polar surface area (TPSA) is 101 Å². The Kier molecular flexibility index (Phi) is 5.64. The van der Waals surface area contributed by atoms with Crippen LogP contribution in [0.15, 0.2) is 24.3 Å². The molecule has 0 aliphatic carbocycles. The first-order valence-electron chi connectivity index (χ1n) is 6.19. The lowest BCUT2D eigenvalue weighted by molar-refractivity contribution is -0.385. The van der Waals surface area contributed by atoms with Crippen LogP contribution < -0.4 is 10.6 Å². The molecule has 0 radical (unpaired) electrons. The molecule has 20 heavy (non-hydrogen) atoms. The zero-order chi connectivity index (χ0) is 15.1. The van der Waals surface area contributed by atoms with E-state index in [1.54, 1.807) is 25.1 Å². The van der Waals surface area contributed by atoms with E-state index in [0.29, 0.717) is 12.1 Å². The van der Waals surface area contributed by atoms with Crippen molar-refractivity contribution in [3.05, 3.63) is 39.9 Å². The normalized spacial score (nSPS) is 11.5. The van der Waals surface area contributed by atoms with Crippen LogP contribution in [0.25, 0.3) is 0 Å². The number of nitro groups is 1. The molecule has 0 fully saturated rings. The van der Waals surface area contributed by atoms with Gasteiger partial charge in [0.15, 0.2) is 0 Å². The van der Waals surface area contributed by atoms with E-state index in [2.05, 4.69) is 10.6 Å². The Morgan fingerprint density at radius 1 is 1.25 bits per heavy atom. The largest absolute Gasteiger partial charge is 0.355 e. The van der Waals surface area contributed by atoms with Gasteiger partial charge in [-0.1, -0.05) is 18.2 Å². The Morgan fingerprint density at radius 2 is 1.85 bits per heavy atom. The maximum Gasteiger partial charge on any atom is 0.273 e. The van der Waals surface area contributed by atoms with E-state index in [9.17, 15) is 19.7 Å². The van der Waals surface area contributed by atoms with Crippen molar-refractivity contribution in [3.8, 4) is 0 Å². The van der Waals surface area contributed by atoms with Crippen molar-refractivity contribution in [2.75, 3.05) is 13.1 Å². The summed E-state index contributed by atoms with van der Waals surface area (Å²) in [5.41, 5.74) is 0.298. The van der Waals surface area contributed by atoms with Crippen molar-refractivity contribution >= 4 is 17.5 Å². The lowest BCUT2D eigenvalue weighted by Crippen LogP contribution is -2.35. The van der Waals surface area contributed by atoms with Gasteiger partial charge in [-0.2, -0.15) is 0 Å². The molecule has 7 heteroatoms. The molecule has 0 aromatic heterocycles. The zero-order valence-electron chi connectivity index (χ0n) is 11.4. The Morgan fingerprint density at radius 3 is 2.45 bits per heavy atom. The van der Waals surface area contributed by atoms with Crippen molar-refractivity contribution < 1.29 is 14.5 Å². The second-order valence-corrected chi connectivity index (χ2v) is 4.31. The number of carbonyl (C=O) groups excluding carboxylic acids is 2. The first-order valence-corrected chi connectivity index (χ1v) is 6.19. The van der Waals surface area contributed by atoms with E-state index < -0.39 is 10.8 Å². The van der Waals surface area contributed by atoms with Crippen LogP contribution in [0.5, 0.6) is 0 Å². The number of rotatable bonds is 6. The molecule has 0 saturated heterocycles. The third kappa shape index (κ3) is 4.34. The predicted octanol–water partition coefficient (Wildman–Crippen LogP) is 0.951. The molecule has 0 spiro atoms. The van der Waals surface area contributed by atoms with E-state index in [1.165, 1.54) is 13.0 Å². The monoisotopic (exact) mass is 279 g/mol. The smallest absolute Gasteiger partial charge is 0.273 e. The van der Waals surface area contributed by atoms with Crippen LogP contribution in [0.1, 0.15) is 25.3 Å². The molecule has 7 nitrogen and oxygen atoms in total. The number of hydrogen-bond donors (Lipinski definition) is 2. The number of carbonyl (C=O) groups is 2. The number of nitro benzene ring substituents is 1. The fourth-order valence-electron chi connectivity index (χ4n) is 1.74. The van der Waals surface area contributed by atoms with Crippen molar-refractivity contribution in [2.24, 2.45) is 0 Å². The molecule has 0 aliphatic heterocycles. The SMILES string of the molecule is CC(=O)NCCNC(=O)C(C)c1ccccc1[N+](=O)[O-]. The summed E-state index contributed by atoms with van der Waals surface area (Å²) in [5.74, 6) is -1.12. The maximum absolute atomic E-state index is 11.9. The van der Waals surface area contributed by atoms with Gasteiger partial charge in [0.25, 0.3) is 5.69 Å². The minimum absolute atomic E-state index is 0.0722. The number of nitrogens with zero attached hydrogens (tertiary/aromatic N) is 1. The molecule has 1 aromatic rings. The maximum atomic E-state index is 11.9. The second-order valence-electron chi connectivity index (χ2n) is 4.31. The van der Waals surface area contributed by atoms with Crippen LogP contribution in [0.4, 0.5) is 5.69 Å². The number of hydrogen-bond acceptors (Lipinski definition) is 4. The van der Waals surface area contributed by atoms with Gasteiger partial charge >= 0.3 is 0 Å². The second kappa shape index (κ2) is 7.22. The number of amides is 2. The molecular formula is C13H17N3O4. The number of para-hydroxylation sites is 1. The van der Waals surface area contributed by atoms with Crippen LogP contribution >= 0.6 is 0 Å². The van der Waals surface area contributed by atoms with E-state index in [-0.39, 0.29) is 24.0 Å². The quantitative estimate of drug-likeness (QED) is 0.460. The Balaban J connectivity index is 2.65. The molecule has 1 aromatic carbocycles. The molecule has 0 bridgehead atoms. The Labute approximate surface area is 116 Å². The number of nitrogens with one attached hydrogen (secondary N) is 2. The van der Waals surface area contributed by atoms with Crippen LogP contribution in [0.3, 0.4) is 0 Å². The number of benzene rings is 1. The highest BCUT2D eigenvalue weighted by molar-refractivity contribution is 5.84. The third-order valence-corrected chi connectivity index (χ3v) is 2.79. The molecule has 0 heterocycles. The highest BCUT2D eigenvalue weighted by atomic mass is 16.6. The predicted molar refractivity (Wildman–Crippen MR) is 73.2 cm³/mol. The first kappa shape index (κ1) is 15.6. The summed E-state index contributed by atoms with van der Waals surface area (Å²) in [7, 11) is 0. The summed E-state index contributed by atoms with van der Waals surface area (Å²) in [6, 6.07) is 6.15. The average Bonchev–Trinajstić information content (AvgIpc) is 2.42. The fourth-order valence-corrected chi connectivity index (χ4v) is 1.74. The Bertz CT molecular complexity index is 516. The molecule has 1 rings (SSSR count). The molecule has 0 aliphatic rings. The molecule has 1 unspecified atom stereocenters. The molecule has 108 valence electrons. The first-order chi connectivity index (χ1) is 9.43. The summed E-state index contributed by atoms with van der Waals surface area (Å²) < 4.78 is 0. The lowest BCUT2D eigenvalue weighted by atomic mass is 9.98. The highest BCUT2D eigenvalue weighted by Gasteiger charge is 2.23. The third-order valence-electron chi connectivity index (χ3n) is 2.79. The molecular weight excluding hydrogens is 262 g/mol. The van der Waals surface area contributed by atoms with Gasteiger partial charge in [0.1, 0.15) is 0 Å². The zero-order valence-corrected chi connectivity index (χ0v) is 11.4. The van der Waals surface area contributed by atoms with Crippen molar-refractivity contribution in [1.82, 2.24) is 10.6 Å². The molecule has 2 N–H and O–H groups in total.